The Morgan fingerprint density at radius 2 is 1.88 bits per heavy atom. The van der Waals surface area contributed by atoms with Crippen molar-refractivity contribution < 1.29 is 22.7 Å². The number of amides is 1. The van der Waals surface area contributed by atoms with Gasteiger partial charge in [-0.3, -0.25) is 4.79 Å². The predicted molar refractivity (Wildman–Crippen MR) is 118 cm³/mol. The Kier molecular flexibility index (Phi) is 7.64. The first-order chi connectivity index (χ1) is 15.2. The molecule has 0 fully saturated rings. The molecule has 0 saturated carbocycles. The maximum absolute atomic E-state index is 13.0. The highest BCUT2D eigenvalue weighted by atomic mass is 35.5. The molecule has 0 saturated heterocycles. The molecule has 1 N–H and O–H groups in total. The van der Waals surface area contributed by atoms with E-state index >= 15 is 0 Å². The maximum Gasteiger partial charge on any atom is 0.416 e. The lowest BCUT2D eigenvalue weighted by molar-refractivity contribution is -0.137. The van der Waals surface area contributed by atoms with Gasteiger partial charge >= 0.3 is 6.18 Å². The van der Waals surface area contributed by atoms with E-state index in [2.05, 4.69) is 10.3 Å². The van der Waals surface area contributed by atoms with E-state index in [1.165, 1.54) is 24.4 Å². The van der Waals surface area contributed by atoms with Crippen LogP contribution in [0.25, 0.3) is 0 Å². The molecular formula is C23H19Cl2F3N2O2. The van der Waals surface area contributed by atoms with Crippen molar-refractivity contribution in [3.8, 4) is 11.5 Å². The molecule has 1 aromatic heterocycles. The van der Waals surface area contributed by atoms with Gasteiger partial charge in [0.25, 0.3) is 5.91 Å². The van der Waals surface area contributed by atoms with Gasteiger partial charge in [0.1, 0.15) is 10.9 Å². The second kappa shape index (κ2) is 10.2. The summed E-state index contributed by atoms with van der Waals surface area (Å²) >= 11 is 12.0. The Hall–Kier alpha value is -2.77. The topological polar surface area (TPSA) is 51.2 Å². The van der Waals surface area contributed by atoms with Crippen LogP contribution >= 0.6 is 23.2 Å². The number of hydrogen-bond acceptors (Lipinski definition) is 3. The molecule has 32 heavy (non-hydrogen) atoms. The van der Waals surface area contributed by atoms with Gasteiger partial charge in [-0.05, 0) is 43.2 Å². The van der Waals surface area contributed by atoms with Gasteiger partial charge in [-0.15, -0.1) is 11.6 Å². The van der Waals surface area contributed by atoms with Crippen LogP contribution in [0.15, 0.2) is 60.8 Å². The smallest absolute Gasteiger partial charge is 0.416 e. The van der Waals surface area contributed by atoms with E-state index < -0.39 is 17.6 Å². The monoisotopic (exact) mass is 482 g/mol. The van der Waals surface area contributed by atoms with Gasteiger partial charge in [0.15, 0.2) is 5.75 Å². The molecule has 1 unspecified atom stereocenters. The molecule has 1 atom stereocenters. The van der Waals surface area contributed by atoms with E-state index in [0.717, 1.165) is 23.3 Å². The van der Waals surface area contributed by atoms with Crippen molar-refractivity contribution in [1.82, 2.24) is 10.3 Å². The quantitative estimate of drug-likeness (QED) is 0.311. The van der Waals surface area contributed by atoms with Gasteiger partial charge in [0.05, 0.1) is 17.3 Å². The number of carbonyl (C=O) groups excluding carboxylic acids is 1. The highest BCUT2D eigenvalue weighted by Gasteiger charge is 2.30. The van der Waals surface area contributed by atoms with Crippen LogP contribution in [0.1, 0.15) is 27.0 Å². The average Bonchev–Trinajstić information content (AvgIpc) is 2.75. The Morgan fingerprint density at radius 3 is 2.53 bits per heavy atom. The number of benzene rings is 2. The highest BCUT2D eigenvalue weighted by Crippen LogP contribution is 2.33. The van der Waals surface area contributed by atoms with E-state index in [1.54, 1.807) is 0 Å². The Morgan fingerprint density at radius 1 is 1.16 bits per heavy atom. The predicted octanol–water partition coefficient (Wildman–Crippen LogP) is 6.43. The zero-order valence-electron chi connectivity index (χ0n) is 16.9. The van der Waals surface area contributed by atoms with Crippen LogP contribution in [0.2, 0.25) is 5.15 Å². The molecule has 168 valence electrons. The third-order valence-electron chi connectivity index (χ3n) is 4.59. The molecule has 3 aromatic rings. The summed E-state index contributed by atoms with van der Waals surface area (Å²) in [4.78, 5) is 16.8. The number of aromatic nitrogens is 1. The van der Waals surface area contributed by atoms with Crippen molar-refractivity contribution in [3.63, 3.8) is 0 Å². The molecule has 0 aliphatic carbocycles. The molecule has 0 aliphatic rings. The fourth-order valence-corrected chi connectivity index (χ4v) is 3.30. The first-order valence-electron chi connectivity index (χ1n) is 9.58. The van der Waals surface area contributed by atoms with Crippen LogP contribution in [-0.4, -0.2) is 22.8 Å². The van der Waals surface area contributed by atoms with E-state index in [1.807, 2.05) is 31.2 Å². The Balaban J connectivity index is 1.80. The largest absolute Gasteiger partial charge is 0.455 e. The Bertz CT molecular complexity index is 1090. The van der Waals surface area contributed by atoms with Crippen LogP contribution < -0.4 is 10.1 Å². The highest BCUT2D eigenvalue weighted by molar-refractivity contribution is 6.29. The first-order valence-corrected chi connectivity index (χ1v) is 10.5. The number of halogens is 5. The number of alkyl halides is 4. The van der Waals surface area contributed by atoms with Crippen LogP contribution in [0.4, 0.5) is 13.2 Å². The lowest BCUT2D eigenvalue weighted by Crippen LogP contribution is -2.38. The number of aryl methyl sites for hydroxylation is 1. The van der Waals surface area contributed by atoms with E-state index in [9.17, 15) is 18.0 Å². The lowest BCUT2D eigenvalue weighted by atomic mass is 10.0. The summed E-state index contributed by atoms with van der Waals surface area (Å²) < 4.78 is 44.5. The number of hydrogen-bond donors (Lipinski definition) is 1. The molecule has 4 nitrogen and oxygen atoms in total. The molecular weight excluding hydrogens is 464 g/mol. The van der Waals surface area contributed by atoms with Gasteiger partial charge in [0.2, 0.25) is 0 Å². The van der Waals surface area contributed by atoms with Gasteiger partial charge in [-0.2, -0.15) is 13.2 Å². The van der Waals surface area contributed by atoms with Crippen LogP contribution in [0, 0.1) is 6.92 Å². The minimum absolute atomic E-state index is 0.0291. The third-order valence-corrected chi connectivity index (χ3v) is 5.17. The zero-order chi connectivity index (χ0) is 23.3. The summed E-state index contributed by atoms with van der Waals surface area (Å²) in [5.41, 5.74) is 1.27. The van der Waals surface area contributed by atoms with E-state index in [-0.39, 0.29) is 34.1 Å². The van der Waals surface area contributed by atoms with Crippen molar-refractivity contribution in [2.24, 2.45) is 0 Å². The molecule has 3 rings (SSSR count). The Labute approximate surface area is 193 Å². The van der Waals surface area contributed by atoms with Gasteiger partial charge in [-0.1, -0.05) is 47.5 Å². The lowest BCUT2D eigenvalue weighted by Gasteiger charge is -2.18. The van der Waals surface area contributed by atoms with Crippen molar-refractivity contribution in [2.75, 3.05) is 5.88 Å². The van der Waals surface area contributed by atoms with Crippen LogP contribution in [0.5, 0.6) is 11.5 Å². The molecule has 0 bridgehead atoms. The normalized spacial score (nSPS) is 12.3. The number of ether oxygens (including phenoxy) is 1. The third kappa shape index (κ3) is 6.37. The molecule has 0 aliphatic heterocycles. The standard InChI is InChI=1S/C23H19Cl2F3N2O2/c1-14-5-7-15(8-6-14)9-17(12-24)30-22(31)19-11-21(25)29-13-20(19)32-18-4-2-3-16(10-18)23(26,27)28/h2-8,10-11,13,17H,9,12H2,1H3,(H,30,31). The number of pyridine rings is 1. The summed E-state index contributed by atoms with van der Waals surface area (Å²) in [6.07, 6.45) is -2.84. The van der Waals surface area contributed by atoms with Crippen molar-refractivity contribution in [1.29, 1.82) is 0 Å². The van der Waals surface area contributed by atoms with Crippen LogP contribution in [0.3, 0.4) is 0 Å². The van der Waals surface area contributed by atoms with E-state index in [0.29, 0.717) is 6.42 Å². The fraction of sp³-hybridized carbons (Fsp3) is 0.217. The summed E-state index contributed by atoms with van der Waals surface area (Å²) in [7, 11) is 0. The molecule has 2 aromatic carbocycles. The molecule has 9 heteroatoms. The molecule has 1 heterocycles. The first kappa shape index (κ1) is 23.9. The van der Waals surface area contributed by atoms with Gasteiger partial charge in [0, 0.05) is 11.9 Å². The van der Waals surface area contributed by atoms with Crippen molar-refractivity contribution in [2.45, 2.75) is 25.6 Å². The summed E-state index contributed by atoms with van der Waals surface area (Å²) in [5.74, 6) is -0.502. The SMILES string of the molecule is Cc1ccc(CC(CCl)NC(=O)c2cc(Cl)ncc2Oc2cccc(C(F)(F)F)c2)cc1. The van der Waals surface area contributed by atoms with Gasteiger partial charge < -0.3 is 10.1 Å². The molecule has 0 radical (unpaired) electrons. The number of carbonyl (C=O) groups is 1. The second-order valence-corrected chi connectivity index (χ2v) is 7.84. The maximum atomic E-state index is 13.0. The average molecular weight is 483 g/mol. The van der Waals surface area contributed by atoms with Gasteiger partial charge in [-0.25, -0.2) is 4.98 Å². The summed E-state index contributed by atoms with van der Waals surface area (Å²) in [5, 5.41) is 2.85. The van der Waals surface area contributed by atoms with Crippen molar-refractivity contribution in [3.05, 3.63) is 88.2 Å². The number of rotatable bonds is 7. The number of nitrogens with one attached hydrogen (secondary N) is 1. The van der Waals surface area contributed by atoms with Crippen LogP contribution in [-0.2, 0) is 12.6 Å². The van der Waals surface area contributed by atoms with E-state index in [4.69, 9.17) is 27.9 Å². The molecule has 1 amide bonds. The fourth-order valence-electron chi connectivity index (χ4n) is 2.95. The summed E-state index contributed by atoms with van der Waals surface area (Å²) in [6, 6.07) is 13.1. The molecule has 0 spiro atoms. The minimum atomic E-state index is -4.53. The van der Waals surface area contributed by atoms with Crippen molar-refractivity contribution >= 4 is 29.1 Å². The second-order valence-electron chi connectivity index (χ2n) is 7.15. The summed E-state index contributed by atoms with van der Waals surface area (Å²) in [6.45, 7) is 1.98. The minimum Gasteiger partial charge on any atom is -0.455 e. The number of nitrogens with zero attached hydrogens (tertiary/aromatic N) is 1. The zero-order valence-corrected chi connectivity index (χ0v) is 18.4.